The summed E-state index contributed by atoms with van der Waals surface area (Å²) in [6.45, 7) is 1.78. The number of aliphatic hydroxyl groups excluding tert-OH is 2. The molecule has 0 fully saturated rings. The number of rotatable bonds is 8. The van der Waals surface area contributed by atoms with E-state index in [1.165, 1.54) is 6.92 Å². The van der Waals surface area contributed by atoms with Crippen molar-refractivity contribution in [2.24, 2.45) is 5.73 Å². The van der Waals surface area contributed by atoms with Gasteiger partial charge in [-0.2, -0.15) is 0 Å². The zero-order valence-corrected chi connectivity index (χ0v) is 11.3. The van der Waals surface area contributed by atoms with Gasteiger partial charge < -0.3 is 30.7 Å². The van der Waals surface area contributed by atoms with E-state index in [1.54, 1.807) is 0 Å². The molecule has 0 heterocycles. The SMILES string of the molecule is CC(=O)NC(CCO)C(O)C(CN)OP(C)(=O)O. The molecule has 108 valence electrons. The first-order chi connectivity index (χ1) is 8.21. The minimum absolute atomic E-state index is 0.0834. The van der Waals surface area contributed by atoms with Crippen LogP contribution in [0.1, 0.15) is 13.3 Å². The van der Waals surface area contributed by atoms with Gasteiger partial charge in [0.15, 0.2) is 0 Å². The van der Waals surface area contributed by atoms with Gasteiger partial charge in [0.1, 0.15) is 12.2 Å². The number of aliphatic hydroxyl groups is 2. The van der Waals surface area contributed by atoms with E-state index in [9.17, 15) is 14.5 Å². The van der Waals surface area contributed by atoms with E-state index in [4.69, 9.17) is 20.3 Å². The lowest BCUT2D eigenvalue weighted by molar-refractivity contribution is -0.121. The van der Waals surface area contributed by atoms with E-state index < -0.39 is 31.8 Å². The minimum Gasteiger partial charge on any atom is -0.396 e. The van der Waals surface area contributed by atoms with Gasteiger partial charge in [0, 0.05) is 26.7 Å². The molecule has 0 saturated carbocycles. The smallest absolute Gasteiger partial charge is 0.325 e. The quantitative estimate of drug-likeness (QED) is 0.338. The lowest BCUT2D eigenvalue weighted by atomic mass is 10.0. The molecule has 0 aliphatic heterocycles. The van der Waals surface area contributed by atoms with Crippen LogP contribution in [-0.2, 0) is 13.9 Å². The Balaban J connectivity index is 4.73. The largest absolute Gasteiger partial charge is 0.396 e. The van der Waals surface area contributed by atoms with Crippen molar-refractivity contribution in [3.05, 3.63) is 0 Å². The van der Waals surface area contributed by atoms with Gasteiger partial charge >= 0.3 is 7.60 Å². The molecule has 9 heteroatoms. The summed E-state index contributed by atoms with van der Waals surface area (Å²) in [5.74, 6) is -0.396. The van der Waals surface area contributed by atoms with E-state index >= 15 is 0 Å². The first-order valence-electron chi connectivity index (χ1n) is 5.46. The highest BCUT2D eigenvalue weighted by Crippen LogP contribution is 2.39. The molecule has 0 aromatic heterocycles. The molecule has 0 saturated heterocycles. The van der Waals surface area contributed by atoms with Crippen molar-refractivity contribution >= 4 is 13.5 Å². The maximum absolute atomic E-state index is 11.1. The molecule has 0 aliphatic carbocycles. The number of hydrogen-bond donors (Lipinski definition) is 5. The van der Waals surface area contributed by atoms with Gasteiger partial charge in [-0.25, -0.2) is 0 Å². The van der Waals surface area contributed by atoms with Gasteiger partial charge in [0.25, 0.3) is 0 Å². The number of carbonyl (C=O) groups excluding carboxylic acids is 1. The van der Waals surface area contributed by atoms with E-state index in [0.717, 1.165) is 6.66 Å². The Morgan fingerprint density at radius 3 is 2.44 bits per heavy atom. The van der Waals surface area contributed by atoms with Crippen LogP contribution in [0.3, 0.4) is 0 Å². The summed E-state index contributed by atoms with van der Waals surface area (Å²) in [5.41, 5.74) is 5.35. The second-order valence-corrected chi connectivity index (χ2v) is 5.81. The van der Waals surface area contributed by atoms with Crippen LogP contribution in [0.2, 0.25) is 0 Å². The maximum atomic E-state index is 11.1. The molecular formula is C9H21N2O6P. The fraction of sp³-hybridized carbons (Fsp3) is 0.889. The zero-order valence-electron chi connectivity index (χ0n) is 10.4. The number of hydrogen-bond acceptors (Lipinski definition) is 6. The molecule has 0 radical (unpaired) electrons. The summed E-state index contributed by atoms with van der Waals surface area (Å²) in [6.07, 6.45) is -2.30. The fourth-order valence-corrected chi connectivity index (χ4v) is 2.20. The number of nitrogens with one attached hydrogen (secondary N) is 1. The number of carbonyl (C=O) groups is 1. The minimum atomic E-state index is -3.80. The Hall–Kier alpha value is -0.500. The third-order valence-electron chi connectivity index (χ3n) is 2.19. The summed E-state index contributed by atoms with van der Waals surface area (Å²) >= 11 is 0. The van der Waals surface area contributed by atoms with Gasteiger partial charge in [-0.15, -0.1) is 0 Å². The van der Waals surface area contributed by atoms with Crippen molar-refractivity contribution in [1.29, 1.82) is 0 Å². The second kappa shape index (κ2) is 7.83. The van der Waals surface area contributed by atoms with Crippen LogP contribution in [-0.4, -0.2) is 59.1 Å². The van der Waals surface area contributed by atoms with Gasteiger partial charge in [-0.05, 0) is 6.42 Å². The van der Waals surface area contributed by atoms with Crippen molar-refractivity contribution in [3.63, 3.8) is 0 Å². The monoisotopic (exact) mass is 284 g/mol. The van der Waals surface area contributed by atoms with Crippen molar-refractivity contribution in [2.45, 2.75) is 31.6 Å². The molecule has 0 spiro atoms. The molecule has 6 N–H and O–H groups in total. The molecule has 0 aromatic rings. The predicted octanol–water partition coefficient (Wildman–Crippen LogP) is -1.61. The number of nitrogens with two attached hydrogens (primary N) is 1. The molecular weight excluding hydrogens is 263 g/mol. The van der Waals surface area contributed by atoms with Crippen LogP contribution >= 0.6 is 7.60 Å². The molecule has 4 unspecified atom stereocenters. The van der Waals surface area contributed by atoms with Crippen LogP contribution < -0.4 is 11.1 Å². The lowest BCUT2D eigenvalue weighted by Gasteiger charge is -2.29. The standard InChI is InChI=1S/C9H21N2O6P/c1-6(13)11-7(3-4-12)9(14)8(5-10)17-18(2,15)16/h7-9,12,14H,3-5,10H2,1-2H3,(H,11,13)(H,15,16). The maximum Gasteiger partial charge on any atom is 0.325 e. The van der Waals surface area contributed by atoms with Crippen LogP contribution in [0.5, 0.6) is 0 Å². The zero-order chi connectivity index (χ0) is 14.3. The number of amides is 1. The Labute approximate surface area is 106 Å². The van der Waals surface area contributed by atoms with Crippen molar-refractivity contribution < 1.29 is 29.0 Å². The van der Waals surface area contributed by atoms with Crippen LogP contribution in [0.25, 0.3) is 0 Å². The third-order valence-corrected chi connectivity index (χ3v) is 2.85. The molecule has 4 atom stereocenters. The highest BCUT2D eigenvalue weighted by atomic mass is 31.2. The average molecular weight is 284 g/mol. The second-order valence-electron chi connectivity index (χ2n) is 3.99. The molecule has 8 nitrogen and oxygen atoms in total. The Bertz CT molecular complexity index is 305. The van der Waals surface area contributed by atoms with E-state index in [-0.39, 0.29) is 19.6 Å². The summed E-state index contributed by atoms with van der Waals surface area (Å²) < 4.78 is 15.9. The lowest BCUT2D eigenvalue weighted by Crippen LogP contribution is -2.51. The van der Waals surface area contributed by atoms with Gasteiger partial charge in [-0.1, -0.05) is 0 Å². The molecule has 0 bridgehead atoms. The van der Waals surface area contributed by atoms with Crippen LogP contribution in [0, 0.1) is 0 Å². The third kappa shape index (κ3) is 7.05. The van der Waals surface area contributed by atoms with E-state index in [0.29, 0.717) is 0 Å². The van der Waals surface area contributed by atoms with Crippen molar-refractivity contribution in [2.75, 3.05) is 19.8 Å². The van der Waals surface area contributed by atoms with Crippen LogP contribution in [0.15, 0.2) is 0 Å². The molecule has 0 rings (SSSR count). The van der Waals surface area contributed by atoms with E-state index in [2.05, 4.69) is 5.32 Å². The van der Waals surface area contributed by atoms with Crippen molar-refractivity contribution in [1.82, 2.24) is 5.32 Å². The van der Waals surface area contributed by atoms with Crippen molar-refractivity contribution in [3.8, 4) is 0 Å². The first kappa shape index (κ1) is 17.5. The Morgan fingerprint density at radius 1 is 1.56 bits per heavy atom. The Kier molecular flexibility index (Phi) is 7.61. The fourth-order valence-electron chi connectivity index (χ4n) is 1.48. The average Bonchev–Trinajstić information content (AvgIpc) is 2.22. The highest BCUT2D eigenvalue weighted by Gasteiger charge is 2.31. The topological polar surface area (TPSA) is 142 Å². The van der Waals surface area contributed by atoms with Gasteiger partial charge in [-0.3, -0.25) is 9.36 Å². The highest BCUT2D eigenvalue weighted by molar-refractivity contribution is 7.51. The molecule has 1 amide bonds. The first-order valence-corrected chi connectivity index (χ1v) is 7.48. The summed E-state index contributed by atoms with van der Waals surface area (Å²) in [4.78, 5) is 20.0. The summed E-state index contributed by atoms with van der Waals surface area (Å²) in [7, 11) is -3.80. The molecule has 18 heavy (non-hydrogen) atoms. The summed E-state index contributed by atoms with van der Waals surface area (Å²) in [5, 5.41) is 21.2. The van der Waals surface area contributed by atoms with Gasteiger partial charge in [0.2, 0.25) is 5.91 Å². The Morgan fingerprint density at radius 2 is 2.11 bits per heavy atom. The van der Waals surface area contributed by atoms with Gasteiger partial charge in [0.05, 0.1) is 6.04 Å². The summed E-state index contributed by atoms with van der Waals surface area (Å²) in [6, 6.07) is -0.799. The molecule has 0 aliphatic rings. The molecule has 0 aromatic carbocycles. The predicted molar refractivity (Wildman–Crippen MR) is 65.0 cm³/mol. The normalized spacial score (nSPS) is 19.7. The van der Waals surface area contributed by atoms with Crippen LogP contribution in [0.4, 0.5) is 0 Å². The van der Waals surface area contributed by atoms with E-state index in [1.807, 2.05) is 0 Å².